The number of phenols is 1. The number of rotatable bonds is 3. The zero-order chi connectivity index (χ0) is 19.2. The van der Waals surface area contributed by atoms with Crippen molar-refractivity contribution in [2.75, 3.05) is 6.54 Å². The van der Waals surface area contributed by atoms with Crippen LogP contribution in [0, 0.1) is 5.92 Å². The second-order valence-corrected chi connectivity index (χ2v) is 8.07. The Labute approximate surface area is 162 Å². The molecule has 0 radical (unpaired) electrons. The number of nitrogens with zero attached hydrogens (tertiary/aromatic N) is 1. The molecule has 26 heavy (non-hydrogen) atoms. The molecule has 2 saturated heterocycles. The summed E-state index contributed by atoms with van der Waals surface area (Å²) in [7, 11) is 0. The number of aliphatic hydroxyl groups is 1. The van der Waals surface area contributed by atoms with E-state index in [1.165, 1.54) is 17.0 Å². The highest BCUT2D eigenvalue weighted by atomic mass is 35.5. The average molecular weight is 401 g/mol. The van der Waals surface area contributed by atoms with E-state index in [1.54, 1.807) is 13.8 Å². The molecule has 3 rings (SSSR count). The van der Waals surface area contributed by atoms with E-state index in [4.69, 9.17) is 23.2 Å². The minimum atomic E-state index is -0.934. The van der Waals surface area contributed by atoms with Crippen molar-refractivity contribution < 1.29 is 19.8 Å². The number of benzene rings is 1. The van der Waals surface area contributed by atoms with Gasteiger partial charge in [-0.15, -0.1) is 0 Å². The molecule has 2 fully saturated rings. The molecule has 1 aromatic carbocycles. The molecule has 2 aliphatic rings. The van der Waals surface area contributed by atoms with Crippen molar-refractivity contribution in [3.05, 3.63) is 27.7 Å². The largest absolute Gasteiger partial charge is 0.508 e. The predicted molar refractivity (Wildman–Crippen MR) is 98.4 cm³/mol. The molecule has 2 heterocycles. The molecule has 0 unspecified atom stereocenters. The van der Waals surface area contributed by atoms with Crippen molar-refractivity contribution >= 4 is 35.0 Å². The number of nitrogens with one attached hydrogen (secondary N) is 1. The van der Waals surface area contributed by atoms with Crippen LogP contribution in [0.4, 0.5) is 0 Å². The summed E-state index contributed by atoms with van der Waals surface area (Å²) in [5.74, 6) is -0.867. The SMILES string of the molecule is CC(C)[C@H](O)[C@H]1NC(=O)[C@H]2C[C@@H](c3c(O)ccc(Cl)c3Cl)CCN2C1=O. The molecule has 8 heteroatoms. The summed E-state index contributed by atoms with van der Waals surface area (Å²) in [4.78, 5) is 26.9. The van der Waals surface area contributed by atoms with Crippen LogP contribution in [0.15, 0.2) is 12.1 Å². The number of phenolic OH excluding ortho intramolecular Hbond substituents is 1. The van der Waals surface area contributed by atoms with Gasteiger partial charge in [0.2, 0.25) is 11.8 Å². The van der Waals surface area contributed by atoms with Gasteiger partial charge >= 0.3 is 0 Å². The Hall–Kier alpha value is -1.50. The van der Waals surface area contributed by atoms with Crippen LogP contribution in [0.3, 0.4) is 0 Å². The molecule has 6 nitrogen and oxygen atoms in total. The van der Waals surface area contributed by atoms with Crippen LogP contribution in [0.25, 0.3) is 0 Å². The molecule has 0 spiro atoms. The fourth-order valence-electron chi connectivity index (χ4n) is 3.79. The summed E-state index contributed by atoms with van der Waals surface area (Å²) in [6, 6.07) is 1.44. The van der Waals surface area contributed by atoms with Gasteiger partial charge in [-0.25, -0.2) is 0 Å². The number of halogens is 2. The number of aliphatic hydroxyl groups excluding tert-OH is 1. The van der Waals surface area contributed by atoms with E-state index in [0.29, 0.717) is 30.0 Å². The lowest BCUT2D eigenvalue weighted by molar-refractivity contribution is -0.155. The molecule has 0 aromatic heterocycles. The van der Waals surface area contributed by atoms with Gasteiger partial charge in [0, 0.05) is 12.1 Å². The molecule has 142 valence electrons. The molecule has 0 aliphatic carbocycles. The second-order valence-electron chi connectivity index (χ2n) is 7.28. The number of hydrogen-bond acceptors (Lipinski definition) is 4. The van der Waals surface area contributed by atoms with Gasteiger partial charge in [-0.05, 0) is 36.8 Å². The smallest absolute Gasteiger partial charge is 0.248 e. The summed E-state index contributed by atoms with van der Waals surface area (Å²) in [5, 5.41) is 23.7. The van der Waals surface area contributed by atoms with Crippen LogP contribution in [0.5, 0.6) is 5.75 Å². The topological polar surface area (TPSA) is 89.9 Å². The van der Waals surface area contributed by atoms with Crippen molar-refractivity contribution in [1.82, 2.24) is 10.2 Å². The van der Waals surface area contributed by atoms with Gasteiger partial charge < -0.3 is 20.4 Å². The first kappa shape index (κ1) is 19.3. The van der Waals surface area contributed by atoms with Crippen molar-refractivity contribution in [2.24, 2.45) is 5.92 Å². The van der Waals surface area contributed by atoms with Crippen LogP contribution in [0.2, 0.25) is 10.0 Å². The second kappa shape index (κ2) is 7.25. The lowest BCUT2D eigenvalue weighted by Crippen LogP contribution is -2.68. The lowest BCUT2D eigenvalue weighted by atomic mass is 9.82. The third-order valence-corrected chi connectivity index (χ3v) is 6.11. The van der Waals surface area contributed by atoms with E-state index >= 15 is 0 Å². The van der Waals surface area contributed by atoms with E-state index < -0.39 is 18.2 Å². The van der Waals surface area contributed by atoms with E-state index in [2.05, 4.69) is 5.32 Å². The maximum Gasteiger partial charge on any atom is 0.248 e. The summed E-state index contributed by atoms with van der Waals surface area (Å²) in [5.41, 5.74) is 0.517. The highest BCUT2D eigenvalue weighted by molar-refractivity contribution is 6.42. The Morgan fingerprint density at radius 3 is 2.62 bits per heavy atom. The Bertz CT molecular complexity index is 740. The molecular formula is C18H22Cl2N2O4. The van der Waals surface area contributed by atoms with Crippen molar-refractivity contribution in [2.45, 2.75) is 50.8 Å². The van der Waals surface area contributed by atoms with Gasteiger partial charge in [0.25, 0.3) is 0 Å². The van der Waals surface area contributed by atoms with Gasteiger partial charge in [-0.2, -0.15) is 0 Å². The maximum atomic E-state index is 12.7. The van der Waals surface area contributed by atoms with E-state index in [9.17, 15) is 19.8 Å². The van der Waals surface area contributed by atoms with Crippen molar-refractivity contribution in [3.8, 4) is 5.75 Å². The summed E-state index contributed by atoms with van der Waals surface area (Å²) in [6.07, 6.45) is -0.0416. The number of carbonyl (C=O) groups excluding carboxylic acids is 2. The standard InChI is InChI=1S/C18H22Cl2N2O4/c1-8(2)16(24)15-18(26)22-6-5-9(7-11(22)17(25)21-15)13-12(23)4-3-10(19)14(13)20/h3-4,8-9,11,15-16,23-24H,5-7H2,1-2H3,(H,21,25)/t9-,11+,15+,16-/m0/s1. The Morgan fingerprint density at radius 1 is 1.27 bits per heavy atom. The third-order valence-electron chi connectivity index (χ3n) is 5.29. The molecule has 2 aliphatic heterocycles. The highest BCUT2D eigenvalue weighted by Gasteiger charge is 2.47. The molecule has 3 N–H and O–H groups in total. The Morgan fingerprint density at radius 2 is 1.96 bits per heavy atom. The number of fused-ring (bicyclic) bond motifs is 1. The predicted octanol–water partition coefficient (Wildman–Crippen LogP) is 2.29. The highest BCUT2D eigenvalue weighted by Crippen LogP contribution is 2.43. The quantitative estimate of drug-likeness (QED) is 0.725. The molecule has 2 amide bonds. The zero-order valence-corrected chi connectivity index (χ0v) is 16.1. The summed E-state index contributed by atoms with van der Waals surface area (Å²) >= 11 is 12.3. The number of hydrogen-bond donors (Lipinski definition) is 3. The minimum absolute atomic E-state index is 0.0356. The van der Waals surface area contributed by atoms with Gasteiger partial charge in [0.1, 0.15) is 17.8 Å². The van der Waals surface area contributed by atoms with Crippen LogP contribution in [0.1, 0.15) is 38.2 Å². The monoisotopic (exact) mass is 400 g/mol. The van der Waals surface area contributed by atoms with Gasteiger partial charge in [0.05, 0.1) is 16.1 Å². The average Bonchev–Trinajstić information content (AvgIpc) is 2.61. The Kier molecular flexibility index (Phi) is 5.37. The Balaban J connectivity index is 1.84. The van der Waals surface area contributed by atoms with E-state index in [-0.39, 0.29) is 34.4 Å². The fraction of sp³-hybridized carbons (Fsp3) is 0.556. The van der Waals surface area contributed by atoms with Crippen LogP contribution in [-0.4, -0.2) is 51.7 Å². The zero-order valence-electron chi connectivity index (χ0n) is 14.6. The first-order valence-electron chi connectivity index (χ1n) is 8.68. The van der Waals surface area contributed by atoms with Gasteiger partial charge in [-0.1, -0.05) is 37.0 Å². The lowest BCUT2D eigenvalue weighted by Gasteiger charge is -2.45. The van der Waals surface area contributed by atoms with Crippen LogP contribution in [-0.2, 0) is 9.59 Å². The van der Waals surface area contributed by atoms with Gasteiger partial charge in [0.15, 0.2) is 0 Å². The number of carbonyl (C=O) groups is 2. The fourth-order valence-corrected chi connectivity index (χ4v) is 4.27. The number of piperidine rings is 1. The first-order chi connectivity index (χ1) is 12.2. The molecule has 4 atom stereocenters. The van der Waals surface area contributed by atoms with E-state index in [1.807, 2.05) is 0 Å². The number of piperazine rings is 1. The first-order valence-corrected chi connectivity index (χ1v) is 9.43. The summed E-state index contributed by atoms with van der Waals surface area (Å²) < 4.78 is 0. The number of amides is 2. The van der Waals surface area contributed by atoms with Crippen molar-refractivity contribution in [3.63, 3.8) is 0 Å². The minimum Gasteiger partial charge on any atom is -0.508 e. The van der Waals surface area contributed by atoms with Crippen molar-refractivity contribution in [1.29, 1.82) is 0 Å². The normalized spacial score (nSPS) is 27.3. The molecule has 1 aromatic rings. The third kappa shape index (κ3) is 3.26. The number of aromatic hydroxyl groups is 1. The summed E-state index contributed by atoms with van der Waals surface area (Å²) in [6.45, 7) is 3.95. The molecule has 0 bridgehead atoms. The van der Waals surface area contributed by atoms with Crippen LogP contribution < -0.4 is 5.32 Å². The van der Waals surface area contributed by atoms with Crippen LogP contribution >= 0.6 is 23.2 Å². The van der Waals surface area contributed by atoms with E-state index in [0.717, 1.165) is 0 Å². The maximum absolute atomic E-state index is 12.7. The molecular weight excluding hydrogens is 379 g/mol. The van der Waals surface area contributed by atoms with Gasteiger partial charge in [-0.3, -0.25) is 9.59 Å². The molecule has 0 saturated carbocycles.